The van der Waals surface area contributed by atoms with E-state index in [1.54, 1.807) is 4.90 Å². The lowest BCUT2D eigenvalue weighted by atomic mass is 10.1. The molecule has 1 aromatic rings. The number of carbonyl (C=O) groups excluding carboxylic acids is 1. The van der Waals surface area contributed by atoms with Gasteiger partial charge in [0.15, 0.2) is 0 Å². The number of carbonyl (C=O) groups is 1. The van der Waals surface area contributed by atoms with E-state index in [4.69, 9.17) is 0 Å². The molecule has 2 amide bonds. The predicted molar refractivity (Wildman–Crippen MR) is 88.3 cm³/mol. The van der Waals surface area contributed by atoms with Crippen molar-refractivity contribution < 1.29 is 9.90 Å². The van der Waals surface area contributed by atoms with Gasteiger partial charge in [-0.2, -0.15) is 0 Å². The molecule has 1 unspecified atom stereocenters. The lowest BCUT2D eigenvalue weighted by Gasteiger charge is -2.32. The average molecular weight is 303 g/mol. The Balaban J connectivity index is 1.70. The Kier molecular flexibility index (Phi) is 4.83. The molecular weight excluding hydrogens is 278 g/mol. The van der Waals surface area contributed by atoms with Crippen LogP contribution in [-0.4, -0.2) is 48.3 Å². The van der Waals surface area contributed by atoms with Crippen LogP contribution in [0.3, 0.4) is 0 Å². The first-order valence-corrected chi connectivity index (χ1v) is 8.32. The summed E-state index contributed by atoms with van der Waals surface area (Å²) in [7, 11) is 0. The van der Waals surface area contributed by atoms with Crippen molar-refractivity contribution in [1.29, 1.82) is 0 Å². The van der Waals surface area contributed by atoms with Gasteiger partial charge in [-0.3, -0.25) is 0 Å². The zero-order valence-electron chi connectivity index (χ0n) is 13.0. The number of aliphatic hydroxyl groups is 1. The van der Waals surface area contributed by atoms with Crippen LogP contribution in [0.1, 0.15) is 32.1 Å². The Labute approximate surface area is 131 Å². The summed E-state index contributed by atoms with van der Waals surface area (Å²) in [5.41, 5.74) is 1.97. The smallest absolute Gasteiger partial charge is 0.321 e. The molecule has 0 bridgehead atoms. The first-order chi connectivity index (χ1) is 10.7. The van der Waals surface area contributed by atoms with Gasteiger partial charge in [0.1, 0.15) is 0 Å². The molecule has 0 saturated carbocycles. The fourth-order valence-electron chi connectivity index (χ4n) is 3.32. The van der Waals surface area contributed by atoms with Crippen LogP contribution in [0.5, 0.6) is 0 Å². The Bertz CT molecular complexity index is 514. The van der Waals surface area contributed by atoms with E-state index in [9.17, 15) is 9.90 Å². The van der Waals surface area contributed by atoms with Crippen molar-refractivity contribution in [3.8, 4) is 0 Å². The van der Waals surface area contributed by atoms with Crippen LogP contribution in [-0.2, 0) is 0 Å². The van der Waals surface area contributed by atoms with E-state index in [2.05, 4.69) is 16.3 Å². The van der Waals surface area contributed by atoms with Gasteiger partial charge in [-0.05, 0) is 44.2 Å². The third-order valence-electron chi connectivity index (χ3n) is 4.53. The highest BCUT2D eigenvalue weighted by atomic mass is 16.3. The maximum Gasteiger partial charge on any atom is 0.321 e. The highest BCUT2D eigenvalue weighted by Gasteiger charge is 2.23. The molecule has 0 aliphatic carbocycles. The van der Waals surface area contributed by atoms with Crippen molar-refractivity contribution in [2.75, 3.05) is 36.4 Å². The second kappa shape index (κ2) is 7.01. The van der Waals surface area contributed by atoms with E-state index in [1.165, 1.54) is 19.3 Å². The Morgan fingerprint density at radius 3 is 2.64 bits per heavy atom. The van der Waals surface area contributed by atoms with Crippen molar-refractivity contribution in [3.63, 3.8) is 0 Å². The monoisotopic (exact) mass is 303 g/mol. The summed E-state index contributed by atoms with van der Waals surface area (Å²) in [5, 5.41) is 12.8. The van der Waals surface area contributed by atoms with Gasteiger partial charge in [0, 0.05) is 26.2 Å². The summed E-state index contributed by atoms with van der Waals surface area (Å²) in [6, 6.07) is 7.90. The molecule has 0 aromatic heterocycles. The zero-order valence-corrected chi connectivity index (χ0v) is 13.0. The summed E-state index contributed by atoms with van der Waals surface area (Å²) in [6.45, 7) is 3.25. The molecule has 2 aliphatic heterocycles. The topological polar surface area (TPSA) is 55.8 Å². The summed E-state index contributed by atoms with van der Waals surface area (Å²) in [5.74, 6) is 0. The maximum absolute atomic E-state index is 12.4. The van der Waals surface area contributed by atoms with Gasteiger partial charge in [-0.25, -0.2) is 4.79 Å². The van der Waals surface area contributed by atoms with Gasteiger partial charge in [0.25, 0.3) is 0 Å². The molecule has 0 radical (unpaired) electrons. The second-order valence-electron chi connectivity index (χ2n) is 6.24. The SMILES string of the molecule is O=C(Nc1ccccc1N1CCCCC1)N1CCCC(O)C1. The van der Waals surface area contributed by atoms with E-state index in [-0.39, 0.29) is 6.03 Å². The second-order valence-corrected chi connectivity index (χ2v) is 6.24. The number of hydrogen-bond donors (Lipinski definition) is 2. The number of aliphatic hydroxyl groups excluding tert-OH is 1. The van der Waals surface area contributed by atoms with Crippen LogP contribution in [0.2, 0.25) is 0 Å². The summed E-state index contributed by atoms with van der Waals surface area (Å²) in [6.07, 6.45) is 4.96. The molecule has 1 aromatic carbocycles. The lowest BCUT2D eigenvalue weighted by molar-refractivity contribution is 0.0883. The van der Waals surface area contributed by atoms with Gasteiger partial charge in [-0.1, -0.05) is 12.1 Å². The van der Waals surface area contributed by atoms with E-state index >= 15 is 0 Å². The third kappa shape index (κ3) is 3.53. The molecule has 1 atom stereocenters. The van der Waals surface area contributed by atoms with Crippen molar-refractivity contribution in [1.82, 2.24) is 4.90 Å². The third-order valence-corrected chi connectivity index (χ3v) is 4.53. The number of nitrogens with zero attached hydrogens (tertiary/aromatic N) is 2. The molecule has 5 nitrogen and oxygen atoms in total. The van der Waals surface area contributed by atoms with E-state index in [1.807, 2.05) is 18.2 Å². The summed E-state index contributed by atoms with van der Waals surface area (Å²) < 4.78 is 0. The predicted octanol–water partition coefficient (Wildman–Crippen LogP) is 2.67. The molecule has 3 rings (SSSR count). The number of hydrogen-bond acceptors (Lipinski definition) is 3. The van der Waals surface area contributed by atoms with Crippen LogP contribution >= 0.6 is 0 Å². The minimum atomic E-state index is -0.392. The van der Waals surface area contributed by atoms with Gasteiger partial charge in [0.2, 0.25) is 0 Å². The molecular formula is C17H25N3O2. The van der Waals surface area contributed by atoms with Gasteiger partial charge < -0.3 is 20.2 Å². The van der Waals surface area contributed by atoms with Crippen molar-refractivity contribution in [2.45, 2.75) is 38.2 Å². The van der Waals surface area contributed by atoms with Crippen LogP contribution in [0.25, 0.3) is 0 Å². The normalized spacial score (nSPS) is 22.5. The van der Waals surface area contributed by atoms with E-state index < -0.39 is 6.10 Å². The maximum atomic E-state index is 12.4. The van der Waals surface area contributed by atoms with Gasteiger partial charge in [0.05, 0.1) is 17.5 Å². The van der Waals surface area contributed by atoms with Crippen LogP contribution < -0.4 is 10.2 Å². The largest absolute Gasteiger partial charge is 0.391 e. The molecule has 2 saturated heterocycles. The van der Waals surface area contributed by atoms with Crippen molar-refractivity contribution in [2.24, 2.45) is 0 Å². The fraction of sp³-hybridized carbons (Fsp3) is 0.588. The minimum absolute atomic E-state index is 0.108. The number of rotatable bonds is 2. The molecule has 2 heterocycles. The molecule has 2 aliphatic rings. The Morgan fingerprint density at radius 2 is 1.86 bits per heavy atom. The van der Waals surface area contributed by atoms with Crippen LogP contribution in [0, 0.1) is 0 Å². The summed E-state index contributed by atoms with van der Waals surface area (Å²) in [4.78, 5) is 16.5. The van der Waals surface area contributed by atoms with Gasteiger partial charge in [-0.15, -0.1) is 0 Å². The number of piperidine rings is 2. The Hall–Kier alpha value is -1.75. The fourth-order valence-corrected chi connectivity index (χ4v) is 3.32. The number of nitrogens with one attached hydrogen (secondary N) is 1. The number of para-hydroxylation sites is 2. The molecule has 22 heavy (non-hydrogen) atoms. The number of β-amino-alcohol motifs (C(OH)–C–C–N with tert-alkyl or cyclic N) is 1. The lowest BCUT2D eigenvalue weighted by Crippen LogP contribution is -2.44. The number of amides is 2. The molecule has 0 spiro atoms. The number of anilines is 2. The molecule has 2 fully saturated rings. The highest BCUT2D eigenvalue weighted by molar-refractivity contribution is 5.93. The number of likely N-dealkylation sites (tertiary alicyclic amines) is 1. The van der Waals surface area contributed by atoms with Crippen molar-refractivity contribution >= 4 is 17.4 Å². The average Bonchev–Trinajstić information content (AvgIpc) is 2.56. The van der Waals surface area contributed by atoms with Crippen molar-refractivity contribution in [3.05, 3.63) is 24.3 Å². The molecule has 120 valence electrons. The standard InChI is InChI=1S/C17H25N3O2/c21-14-7-6-12-20(13-14)17(22)18-15-8-2-3-9-16(15)19-10-4-1-5-11-19/h2-3,8-9,14,21H,1,4-7,10-13H2,(H,18,22). The first kappa shape index (κ1) is 15.2. The summed E-state index contributed by atoms with van der Waals surface area (Å²) >= 11 is 0. The zero-order chi connectivity index (χ0) is 15.4. The van der Waals surface area contributed by atoms with Crippen LogP contribution in [0.4, 0.5) is 16.2 Å². The highest BCUT2D eigenvalue weighted by Crippen LogP contribution is 2.28. The minimum Gasteiger partial charge on any atom is -0.391 e. The molecule has 5 heteroatoms. The van der Waals surface area contributed by atoms with E-state index in [0.717, 1.165) is 43.9 Å². The molecule has 2 N–H and O–H groups in total. The first-order valence-electron chi connectivity index (χ1n) is 8.32. The quantitative estimate of drug-likeness (QED) is 0.883. The number of benzene rings is 1. The number of urea groups is 1. The van der Waals surface area contributed by atoms with E-state index in [0.29, 0.717) is 6.54 Å². The van der Waals surface area contributed by atoms with Gasteiger partial charge >= 0.3 is 6.03 Å². The van der Waals surface area contributed by atoms with Crippen LogP contribution in [0.15, 0.2) is 24.3 Å². The Morgan fingerprint density at radius 1 is 1.09 bits per heavy atom.